The average molecular weight is 264 g/mol. The lowest BCUT2D eigenvalue weighted by molar-refractivity contribution is -0.385. The maximum atomic E-state index is 11.2. The molecule has 0 heterocycles. The molecule has 19 heavy (non-hydrogen) atoms. The molecule has 0 aromatic heterocycles. The number of nitro groups is 1. The number of nitrogens with zero attached hydrogens (tertiary/aromatic N) is 1. The lowest BCUT2D eigenvalue weighted by Crippen LogP contribution is -2.20. The van der Waals surface area contributed by atoms with Crippen LogP contribution < -0.4 is 5.32 Å². The van der Waals surface area contributed by atoms with Gasteiger partial charge < -0.3 is 10.4 Å². The van der Waals surface area contributed by atoms with Crippen molar-refractivity contribution >= 4 is 11.7 Å². The minimum atomic E-state index is -1.26. The fourth-order valence-electron chi connectivity index (χ4n) is 2.32. The predicted molar refractivity (Wildman–Crippen MR) is 69.1 cm³/mol. The number of aromatic carboxylic acids is 1. The van der Waals surface area contributed by atoms with Crippen LogP contribution in [-0.4, -0.2) is 22.0 Å². The van der Waals surface area contributed by atoms with Gasteiger partial charge in [-0.2, -0.15) is 0 Å². The van der Waals surface area contributed by atoms with Gasteiger partial charge in [0.2, 0.25) is 0 Å². The summed E-state index contributed by atoms with van der Waals surface area (Å²) in [6.45, 7) is 2.47. The summed E-state index contributed by atoms with van der Waals surface area (Å²) in [6, 6.07) is 4.77. The third-order valence-electron chi connectivity index (χ3n) is 3.54. The molecule has 1 aromatic carbocycles. The largest absolute Gasteiger partial charge is 0.477 e. The molecule has 1 aliphatic rings. The van der Waals surface area contributed by atoms with Crippen LogP contribution in [0.15, 0.2) is 18.2 Å². The summed E-state index contributed by atoms with van der Waals surface area (Å²) in [5.41, 5.74) is -0.105. The van der Waals surface area contributed by atoms with E-state index in [9.17, 15) is 14.9 Å². The normalized spacial score (nSPS) is 21.1. The molecule has 2 atom stereocenters. The molecule has 1 fully saturated rings. The summed E-state index contributed by atoms with van der Waals surface area (Å²) in [5, 5.41) is 23.2. The van der Waals surface area contributed by atoms with Crippen molar-refractivity contribution in [2.75, 3.05) is 0 Å². The van der Waals surface area contributed by atoms with Crippen molar-refractivity contribution < 1.29 is 14.8 Å². The molecule has 2 N–H and O–H groups in total. The molecule has 0 bridgehead atoms. The molecule has 1 aliphatic carbocycles. The van der Waals surface area contributed by atoms with Crippen LogP contribution in [0, 0.1) is 16.0 Å². The van der Waals surface area contributed by atoms with Crippen molar-refractivity contribution in [3.8, 4) is 0 Å². The number of nitro benzene ring substituents is 1. The van der Waals surface area contributed by atoms with Gasteiger partial charge in [-0.3, -0.25) is 10.1 Å². The molecule has 6 heteroatoms. The topological polar surface area (TPSA) is 92.5 Å². The smallest absolute Gasteiger partial charge is 0.343 e. The van der Waals surface area contributed by atoms with E-state index >= 15 is 0 Å². The van der Waals surface area contributed by atoms with E-state index in [0.29, 0.717) is 24.1 Å². The first-order chi connectivity index (χ1) is 9.04. The van der Waals surface area contributed by atoms with Gasteiger partial charge in [0.05, 0.1) is 4.92 Å². The Hall–Kier alpha value is -1.95. The van der Waals surface area contributed by atoms with Gasteiger partial charge in [0.1, 0.15) is 5.56 Å². The Balaban J connectivity index is 2.17. The first-order valence-corrected chi connectivity index (χ1v) is 6.27. The lowest BCUT2D eigenvalue weighted by atomic mass is 10.1. The Bertz CT molecular complexity index is 515. The quantitative estimate of drug-likeness (QED) is 0.606. The Morgan fingerprint density at radius 2 is 2.32 bits per heavy atom. The second-order valence-corrected chi connectivity index (χ2v) is 4.76. The maximum Gasteiger partial charge on any atom is 0.343 e. The fraction of sp³-hybridized carbons (Fsp3) is 0.462. The van der Waals surface area contributed by atoms with Crippen molar-refractivity contribution in [3.05, 3.63) is 39.4 Å². The molecule has 0 aliphatic heterocycles. The van der Waals surface area contributed by atoms with E-state index in [1.165, 1.54) is 12.1 Å². The lowest BCUT2D eigenvalue weighted by Gasteiger charge is -2.08. The van der Waals surface area contributed by atoms with Gasteiger partial charge in [-0.05, 0) is 17.9 Å². The Morgan fingerprint density at radius 3 is 2.84 bits per heavy atom. The van der Waals surface area contributed by atoms with Crippen LogP contribution in [-0.2, 0) is 6.54 Å². The number of carboxylic acids is 1. The van der Waals surface area contributed by atoms with E-state index in [1.807, 2.05) is 0 Å². The van der Waals surface area contributed by atoms with Gasteiger partial charge in [-0.15, -0.1) is 0 Å². The Labute approximate surface area is 110 Å². The molecular formula is C13H16N2O4. The zero-order valence-electron chi connectivity index (χ0n) is 10.6. The second kappa shape index (κ2) is 5.36. The highest BCUT2D eigenvalue weighted by Crippen LogP contribution is 2.33. The molecule has 102 valence electrons. The third-order valence-corrected chi connectivity index (χ3v) is 3.54. The van der Waals surface area contributed by atoms with Gasteiger partial charge in [-0.25, -0.2) is 4.79 Å². The van der Waals surface area contributed by atoms with E-state index in [4.69, 9.17) is 5.11 Å². The molecule has 1 saturated carbocycles. The van der Waals surface area contributed by atoms with Crippen LogP contribution in [0.25, 0.3) is 0 Å². The van der Waals surface area contributed by atoms with E-state index in [-0.39, 0.29) is 11.3 Å². The Morgan fingerprint density at radius 1 is 1.58 bits per heavy atom. The van der Waals surface area contributed by atoms with Gasteiger partial charge in [0.15, 0.2) is 0 Å². The molecular weight excluding hydrogens is 248 g/mol. The number of rotatable bonds is 6. The van der Waals surface area contributed by atoms with Gasteiger partial charge in [0.25, 0.3) is 5.69 Å². The van der Waals surface area contributed by atoms with E-state index in [0.717, 1.165) is 12.8 Å². The summed E-state index contributed by atoms with van der Waals surface area (Å²) in [6.07, 6.45) is 2.19. The minimum absolute atomic E-state index is 0.214. The van der Waals surface area contributed by atoms with Crippen molar-refractivity contribution in [1.29, 1.82) is 0 Å². The molecule has 2 rings (SSSR count). The van der Waals surface area contributed by atoms with E-state index < -0.39 is 10.9 Å². The van der Waals surface area contributed by atoms with Crippen LogP contribution in [0.1, 0.15) is 35.7 Å². The maximum absolute atomic E-state index is 11.2. The van der Waals surface area contributed by atoms with Crippen LogP contribution in [0.5, 0.6) is 0 Å². The zero-order valence-corrected chi connectivity index (χ0v) is 10.6. The fourth-order valence-corrected chi connectivity index (χ4v) is 2.32. The van der Waals surface area contributed by atoms with Crippen LogP contribution in [0.3, 0.4) is 0 Å². The van der Waals surface area contributed by atoms with Gasteiger partial charge >= 0.3 is 5.97 Å². The van der Waals surface area contributed by atoms with Crippen molar-refractivity contribution in [2.45, 2.75) is 32.4 Å². The number of hydrogen-bond donors (Lipinski definition) is 2. The van der Waals surface area contributed by atoms with Gasteiger partial charge in [-0.1, -0.05) is 25.5 Å². The van der Waals surface area contributed by atoms with Crippen LogP contribution >= 0.6 is 0 Å². The second-order valence-electron chi connectivity index (χ2n) is 4.76. The average Bonchev–Trinajstić information content (AvgIpc) is 3.14. The van der Waals surface area contributed by atoms with Crippen molar-refractivity contribution in [1.82, 2.24) is 5.32 Å². The van der Waals surface area contributed by atoms with Gasteiger partial charge in [0, 0.05) is 18.7 Å². The highest BCUT2D eigenvalue weighted by Gasteiger charge is 2.35. The third kappa shape index (κ3) is 2.90. The number of hydrogen-bond acceptors (Lipinski definition) is 4. The number of nitrogens with one attached hydrogen (secondary N) is 1. The Kier molecular flexibility index (Phi) is 3.80. The summed E-state index contributed by atoms with van der Waals surface area (Å²) < 4.78 is 0. The number of carboxylic acid groups (broad SMARTS) is 1. The highest BCUT2D eigenvalue weighted by atomic mass is 16.6. The molecule has 0 amide bonds. The molecule has 0 spiro atoms. The SMILES string of the molecule is CCC1CC1NCc1cccc([N+](=O)[O-])c1C(=O)O. The predicted octanol–water partition coefficient (Wildman–Crippen LogP) is 2.18. The standard InChI is InChI=1S/C13H16N2O4/c1-2-8-6-10(8)14-7-9-4-3-5-11(15(18)19)12(9)13(16)17/h3-5,8,10,14H,2,6-7H2,1H3,(H,16,17). The van der Waals surface area contributed by atoms with Crippen LogP contribution in [0.4, 0.5) is 5.69 Å². The number of carbonyl (C=O) groups is 1. The monoisotopic (exact) mass is 264 g/mol. The van der Waals surface area contributed by atoms with Crippen molar-refractivity contribution in [3.63, 3.8) is 0 Å². The molecule has 2 unspecified atom stereocenters. The molecule has 6 nitrogen and oxygen atoms in total. The summed E-state index contributed by atoms with van der Waals surface area (Å²) in [4.78, 5) is 21.4. The van der Waals surface area contributed by atoms with Crippen molar-refractivity contribution in [2.24, 2.45) is 5.92 Å². The summed E-state index contributed by atoms with van der Waals surface area (Å²) in [5.74, 6) is -0.612. The summed E-state index contributed by atoms with van der Waals surface area (Å²) >= 11 is 0. The van der Waals surface area contributed by atoms with E-state index in [2.05, 4.69) is 12.2 Å². The summed E-state index contributed by atoms with van der Waals surface area (Å²) in [7, 11) is 0. The first-order valence-electron chi connectivity index (χ1n) is 6.27. The number of benzene rings is 1. The molecule has 0 radical (unpaired) electrons. The minimum Gasteiger partial charge on any atom is -0.477 e. The zero-order chi connectivity index (χ0) is 14.0. The van der Waals surface area contributed by atoms with E-state index in [1.54, 1.807) is 6.07 Å². The van der Waals surface area contributed by atoms with Crippen LogP contribution in [0.2, 0.25) is 0 Å². The molecule has 1 aromatic rings. The molecule has 0 saturated heterocycles. The highest BCUT2D eigenvalue weighted by molar-refractivity contribution is 5.94. The first kappa shape index (κ1) is 13.5.